The number of likely N-dealkylation sites (tertiary alicyclic amines) is 1. The van der Waals surface area contributed by atoms with Crippen molar-refractivity contribution in [2.45, 2.75) is 31.6 Å². The van der Waals surface area contributed by atoms with E-state index in [0.29, 0.717) is 48.1 Å². The van der Waals surface area contributed by atoms with Gasteiger partial charge in [-0.2, -0.15) is 0 Å². The molecule has 1 unspecified atom stereocenters. The van der Waals surface area contributed by atoms with Crippen LogP contribution < -0.4 is 21.5 Å². The number of hydrogen-bond acceptors (Lipinski definition) is 11. The monoisotopic (exact) mass is 734 g/mol. The van der Waals surface area contributed by atoms with Crippen molar-refractivity contribution in [1.29, 1.82) is 0 Å². The third-order valence-corrected chi connectivity index (χ3v) is 9.47. The van der Waals surface area contributed by atoms with Crippen LogP contribution in [0.25, 0.3) is 22.0 Å². The third-order valence-electron chi connectivity index (χ3n) is 9.47. The van der Waals surface area contributed by atoms with Gasteiger partial charge in [0.15, 0.2) is 5.78 Å². The first-order valence-electron chi connectivity index (χ1n) is 17.8. The number of hydrogen-bond donors (Lipinski definition) is 6. The number of aliphatic hydroxyl groups is 1. The number of ketones is 1. The van der Waals surface area contributed by atoms with Crippen LogP contribution in [0.5, 0.6) is 5.75 Å². The number of nitrogens with zero attached hydrogens (tertiary/aromatic N) is 2. The molecular formula is C40H42N6O8. The van der Waals surface area contributed by atoms with Crippen molar-refractivity contribution in [1.82, 2.24) is 20.5 Å². The van der Waals surface area contributed by atoms with E-state index >= 15 is 0 Å². The predicted octanol–water partition coefficient (Wildman–Crippen LogP) is 5.12. The van der Waals surface area contributed by atoms with Crippen molar-refractivity contribution in [2.24, 2.45) is 0 Å². The van der Waals surface area contributed by atoms with Crippen molar-refractivity contribution in [2.75, 3.05) is 44.6 Å². The number of piperidine rings is 1. The molecule has 2 heterocycles. The van der Waals surface area contributed by atoms with E-state index in [1.807, 2.05) is 54.6 Å². The minimum atomic E-state index is -1.04. The van der Waals surface area contributed by atoms with E-state index in [1.54, 1.807) is 12.1 Å². The van der Waals surface area contributed by atoms with Gasteiger partial charge < -0.3 is 35.5 Å². The molecule has 1 fully saturated rings. The highest BCUT2D eigenvalue weighted by Crippen LogP contribution is 2.30. The lowest BCUT2D eigenvalue weighted by molar-refractivity contribution is -0.385. The van der Waals surface area contributed by atoms with E-state index in [2.05, 4.69) is 25.8 Å². The molecule has 4 aromatic carbocycles. The van der Waals surface area contributed by atoms with Crippen molar-refractivity contribution < 1.29 is 29.5 Å². The van der Waals surface area contributed by atoms with E-state index in [4.69, 9.17) is 4.74 Å². The van der Waals surface area contributed by atoms with Crippen molar-refractivity contribution in [3.05, 3.63) is 134 Å². The number of ether oxygens (including phenoxy) is 1. The van der Waals surface area contributed by atoms with E-state index in [9.17, 15) is 34.7 Å². The summed E-state index contributed by atoms with van der Waals surface area (Å²) in [6, 6.07) is 27.5. The summed E-state index contributed by atoms with van der Waals surface area (Å²) in [5, 5.41) is 42.3. The number of benzene rings is 4. The zero-order valence-electron chi connectivity index (χ0n) is 29.5. The Balaban J connectivity index is 0.917. The Morgan fingerprint density at radius 3 is 2.50 bits per heavy atom. The van der Waals surface area contributed by atoms with Crippen LogP contribution in [0.4, 0.5) is 16.2 Å². The number of aromatic amines is 1. The molecule has 1 aliphatic heterocycles. The molecule has 54 heavy (non-hydrogen) atoms. The van der Waals surface area contributed by atoms with Gasteiger partial charge in [-0.1, -0.05) is 66.7 Å². The number of anilines is 1. The molecule has 1 atom stereocenters. The number of carbonyl (C=O) groups is 2. The van der Waals surface area contributed by atoms with Crippen LogP contribution >= 0.6 is 0 Å². The van der Waals surface area contributed by atoms with E-state index in [0.717, 1.165) is 24.2 Å². The van der Waals surface area contributed by atoms with Gasteiger partial charge in [-0.15, -0.1) is 0 Å². The second kappa shape index (κ2) is 17.7. The highest BCUT2D eigenvalue weighted by atomic mass is 16.6. The third kappa shape index (κ3) is 9.53. The number of H-pyrrole nitrogens is 1. The smallest absolute Gasteiger partial charge is 0.411 e. The molecule has 6 rings (SSSR count). The molecule has 0 bridgehead atoms. The van der Waals surface area contributed by atoms with Crippen LogP contribution in [0.1, 0.15) is 40.4 Å². The van der Waals surface area contributed by atoms with Gasteiger partial charge >= 0.3 is 6.09 Å². The maximum Gasteiger partial charge on any atom is 0.411 e. The molecule has 1 aromatic heterocycles. The van der Waals surface area contributed by atoms with Gasteiger partial charge in [0, 0.05) is 73.5 Å². The Labute approximate surface area is 310 Å². The summed E-state index contributed by atoms with van der Waals surface area (Å²) in [5.41, 5.74) is 3.22. The van der Waals surface area contributed by atoms with Crippen LogP contribution in [0.3, 0.4) is 0 Å². The van der Waals surface area contributed by atoms with Gasteiger partial charge in [-0.05, 0) is 42.2 Å². The van der Waals surface area contributed by atoms with Gasteiger partial charge in [-0.25, -0.2) is 4.79 Å². The van der Waals surface area contributed by atoms with Gasteiger partial charge in [0.1, 0.15) is 11.9 Å². The maximum atomic E-state index is 12.9. The highest BCUT2D eigenvalue weighted by molar-refractivity contribution is 5.98. The Hall–Kier alpha value is -5.93. The number of para-hydroxylation sites is 1. The number of Topliss-reactive ketones (excluding diaryl/α,β-unsaturated/α-hetero) is 1. The van der Waals surface area contributed by atoms with Crippen LogP contribution in [-0.2, 0) is 11.3 Å². The van der Waals surface area contributed by atoms with E-state index < -0.39 is 22.7 Å². The number of rotatable bonds is 15. The number of phenolic OH excluding ortho intramolecular Hbond substituents is 1. The molecule has 0 radical (unpaired) electrons. The lowest BCUT2D eigenvalue weighted by Gasteiger charge is -2.31. The number of phenols is 1. The quantitative estimate of drug-likeness (QED) is 0.0361. The number of fused-ring (bicyclic) bond motifs is 1. The summed E-state index contributed by atoms with van der Waals surface area (Å²) < 4.78 is 5.73. The largest absolute Gasteiger partial charge is 0.506 e. The average molecular weight is 735 g/mol. The normalized spacial score (nSPS) is 14.1. The molecule has 1 saturated heterocycles. The minimum Gasteiger partial charge on any atom is -0.506 e. The standard InChI is InChI=1S/C40H42N6O8/c47-35-14-12-31(32-13-15-38(50)44-39(32)35)37(49)25-42-23-28-11-10-27(22-34(28)46(52)53)36(48)24-41-18-21-45-19-16-29(17-20-45)54-40(51)43-33-9-5-4-8-30(33)26-6-2-1-3-7-26/h1-15,22,29,37,41-42,47,49H,16-21,23-25H2,(H,43,51)(H,44,50). The zero-order chi connectivity index (χ0) is 38.0. The lowest BCUT2D eigenvalue weighted by Crippen LogP contribution is -2.42. The fraction of sp³-hybridized carbons (Fsp3) is 0.275. The first-order chi connectivity index (χ1) is 26.2. The number of nitrogens with one attached hydrogen (secondary N) is 4. The van der Waals surface area contributed by atoms with Crippen LogP contribution in [0.15, 0.2) is 102 Å². The lowest BCUT2D eigenvalue weighted by atomic mass is 10.0. The Morgan fingerprint density at radius 1 is 0.963 bits per heavy atom. The zero-order valence-corrected chi connectivity index (χ0v) is 29.5. The van der Waals surface area contributed by atoms with Gasteiger partial charge in [-0.3, -0.25) is 25.0 Å². The number of aliphatic hydroxyl groups excluding tert-OH is 1. The number of pyridine rings is 1. The second-order valence-electron chi connectivity index (χ2n) is 13.1. The van der Waals surface area contributed by atoms with Gasteiger partial charge in [0.2, 0.25) is 5.56 Å². The van der Waals surface area contributed by atoms with E-state index in [1.165, 1.54) is 30.3 Å². The summed E-state index contributed by atoms with van der Waals surface area (Å²) in [6.45, 7) is 2.79. The summed E-state index contributed by atoms with van der Waals surface area (Å²) in [4.78, 5) is 53.5. The molecule has 14 nitrogen and oxygen atoms in total. The summed E-state index contributed by atoms with van der Waals surface area (Å²) in [5.74, 6) is -0.406. The molecular weight excluding hydrogens is 692 g/mol. The summed E-state index contributed by atoms with van der Waals surface area (Å²) in [6.07, 6.45) is -0.352. The predicted molar refractivity (Wildman–Crippen MR) is 205 cm³/mol. The Bertz CT molecular complexity index is 2170. The number of nitro benzene ring substituents is 1. The Morgan fingerprint density at radius 2 is 1.72 bits per heavy atom. The van der Waals surface area contributed by atoms with Crippen LogP contribution in [0.2, 0.25) is 0 Å². The number of carbonyl (C=O) groups excluding carboxylic acids is 2. The van der Waals surface area contributed by atoms with Gasteiger partial charge in [0.05, 0.1) is 28.8 Å². The number of amides is 1. The first-order valence-corrected chi connectivity index (χ1v) is 17.8. The molecule has 6 N–H and O–H groups in total. The second-order valence-corrected chi connectivity index (χ2v) is 13.1. The topological polar surface area (TPSA) is 199 Å². The van der Waals surface area contributed by atoms with Crippen molar-refractivity contribution >= 4 is 34.2 Å². The Kier molecular flexibility index (Phi) is 12.4. The summed E-state index contributed by atoms with van der Waals surface area (Å²) >= 11 is 0. The molecule has 280 valence electrons. The minimum absolute atomic E-state index is 0.0109. The molecule has 5 aromatic rings. The molecule has 0 saturated carbocycles. The van der Waals surface area contributed by atoms with Crippen molar-refractivity contribution in [3.63, 3.8) is 0 Å². The highest BCUT2D eigenvalue weighted by Gasteiger charge is 2.23. The van der Waals surface area contributed by atoms with Crippen LogP contribution in [-0.4, -0.2) is 82.3 Å². The molecule has 0 spiro atoms. The number of aromatic nitrogens is 1. The van der Waals surface area contributed by atoms with Crippen molar-refractivity contribution in [3.8, 4) is 16.9 Å². The fourth-order valence-corrected chi connectivity index (χ4v) is 6.60. The van der Waals surface area contributed by atoms with Gasteiger partial charge in [0.25, 0.3) is 5.69 Å². The molecule has 1 amide bonds. The van der Waals surface area contributed by atoms with Crippen LogP contribution in [0, 0.1) is 10.1 Å². The first kappa shape index (κ1) is 37.8. The average Bonchev–Trinajstić information content (AvgIpc) is 3.18. The number of nitro groups is 1. The molecule has 0 aliphatic carbocycles. The SMILES string of the molecule is O=C(Nc1ccccc1-c1ccccc1)OC1CCN(CCNCC(=O)c2ccc(CNCC(O)c3ccc(O)c4[nH]c(=O)ccc34)c([N+](=O)[O-])c2)CC1. The maximum absolute atomic E-state index is 12.9. The van der Waals surface area contributed by atoms with E-state index in [-0.39, 0.29) is 54.0 Å². The fourth-order valence-electron chi connectivity index (χ4n) is 6.60. The number of aromatic hydroxyl groups is 1. The molecule has 14 heteroatoms. The molecule has 1 aliphatic rings. The summed E-state index contributed by atoms with van der Waals surface area (Å²) in [7, 11) is 0.